The molecule has 0 bridgehead atoms. The summed E-state index contributed by atoms with van der Waals surface area (Å²) in [6.07, 6.45) is 7.54. The van der Waals surface area contributed by atoms with Gasteiger partial charge in [0.2, 0.25) is 0 Å². The SMILES string of the molecule is C=CC(=C)CCCCCOC#N. The van der Waals surface area contributed by atoms with E-state index in [9.17, 15) is 0 Å². The number of ether oxygens (including phenoxy) is 1. The van der Waals surface area contributed by atoms with Crippen LogP contribution in [0.3, 0.4) is 0 Å². The molecule has 0 aromatic carbocycles. The fourth-order valence-corrected chi connectivity index (χ4v) is 0.851. The Morgan fingerprint density at radius 1 is 1.42 bits per heavy atom. The van der Waals surface area contributed by atoms with Gasteiger partial charge in [-0.25, -0.2) is 0 Å². The maximum atomic E-state index is 8.05. The van der Waals surface area contributed by atoms with Gasteiger partial charge in [0.1, 0.15) is 6.61 Å². The molecule has 0 aromatic heterocycles. The molecule has 0 atom stereocenters. The summed E-state index contributed by atoms with van der Waals surface area (Å²) in [5, 5.41) is 8.05. The van der Waals surface area contributed by atoms with Crippen LogP contribution in [0.5, 0.6) is 0 Å². The molecular weight excluding hydrogens is 150 g/mol. The number of hydrogen-bond donors (Lipinski definition) is 0. The average Bonchev–Trinajstić information content (AvgIpc) is 2.10. The van der Waals surface area contributed by atoms with E-state index in [0.717, 1.165) is 31.3 Å². The Bertz CT molecular complexity index is 179. The van der Waals surface area contributed by atoms with Gasteiger partial charge in [0.25, 0.3) is 6.26 Å². The zero-order valence-corrected chi connectivity index (χ0v) is 7.38. The van der Waals surface area contributed by atoms with Crippen LogP contribution in [0.2, 0.25) is 0 Å². The Morgan fingerprint density at radius 2 is 2.17 bits per heavy atom. The van der Waals surface area contributed by atoms with Crippen LogP contribution in [0.25, 0.3) is 0 Å². The summed E-state index contributed by atoms with van der Waals surface area (Å²) in [5.41, 5.74) is 1.08. The molecule has 0 aliphatic carbocycles. The molecular formula is C10H15NO. The first kappa shape index (κ1) is 10.8. The maximum Gasteiger partial charge on any atom is 0.286 e. The first-order chi connectivity index (χ1) is 5.81. The van der Waals surface area contributed by atoms with E-state index >= 15 is 0 Å². The summed E-state index contributed by atoms with van der Waals surface area (Å²) in [5.74, 6) is 0. The highest BCUT2D eigenvalue weighted by molar-refractivity contribution is 5.10. The van der Waals surface area contributed by atoms with Crippen LogP contribution in [-0.4, -0.2) is 6.61 Å². The predicted octanol–water partition coefficient (Wildman–Crippen LogP) is 2.79. The summed E-state index contributed by atoms with van der Waals surface area (Å²) in [6.45, 7) is 7.97. The number of nitriles is 1. The molecule has 0 saturated carbocycles. The molecule has 12 heavy (non-hydrogen) atoms. The minimum Gasteiger partial charge on any atom is -0.428 e. The van der Waals surface area contributed by atoms with Crippen LogP contribution in [0.1, 0.15) is 25.7 Å². The van der Waals surface area contributed by atoms with Crippen LogP contribution in [0, 0.1) is 11.5 Å². The van der Waals surface area contributed by atoms with Crippen molar-refractivity contribution in [3.05, 3.63) is 24.8 Å². The molecule has 0 radical (unpaired) electrons. The first-order valence-electron chi connectivity index (χ1n) is 4.12. The highest BCUT2D eigenvalue weighted by Crippen LogP contribution is 2.07. The van der Waals surface area contributed by atoms with E-state index in [2.05, 4.69) is 17.9 Å². The van der Waals surface area contributed by atoms with Crippen molar-refractivity contribution in [1.29, 1.82) is 5.26 Å². The van der Waals surface area contributed by atoms with E-state index in [1.165, 1.54) is 0 Å². The molecule has 0 amide bonds. The number of hydrogen-bond acceptors (Lipinski definition) is 2. The number of rotatable bonds is 7. The fraction of sp³-hybridized carbons (Fsp3) is 0.500. The first-order valence-corrected chi connectivity index (χ1v) is 4.12. The van der Waals surface area contributed by atoms with Gasteiger partial charge in [-0.05, 0) is 25.7 Å². The lowest BCUT2D eigenvalue weighted by Gasteiger charge is -1.99. The van der Waals surface area contributed by atoms with E-state index in [4.69, 9.17) is 5.26 Å². The van der Waals surface area contributed by atoms with Crippen molar-refractivity contribution >= 4 is 0 Å². The van der Waals surface area contributed by atoms with Crippen molar-refractivity contribution in [2.75, 3.05) is 6.61 Å². The zero-order valence-electron chi connectivity index (χ0n) is 7.38. The monoisotopic (exact) mass is 165 g/mol. The van der Waals surface area contributed by atoms with Crippen LogP contribution >= 0.6 is 0 Å². The molecule has 0 rings (SSSR count). The minimum atomic E-state index is 0.539. The number of nitrogens with zero attached hydrogens (tertiary/aromatic N) is 1. The molecule has 0 aliphatic heterocycles. The minimum absolute atomic E-state index is 0.539. The van der Waals surface area contributed by atoms with E-state index < -0.39 is 0 Å². The highest BCUT2D eigenvalue weighted by atomic mass is 16.5. The second kappa shape index (κ2) is 7.87. The van der Waals surface area contributed by atoms with E-state index in [-0.39, 0.29) is 0 Å². The van der Waals surface area contributed by atoms with Crippen LogP contribution in [-0.2, 0) is 4.74 Å². The van der Waals surface area contributed by atoms with Crippen molar-refractivity contribution in [2.45, 2.75) is 25.7 Å². The van der Waals surface area contributed by atoms with Gasteiger partial charge in [0.15, 0.2) is 0 Å². The maximum absolute atomic E-state index is 8.05. The van der Waals surface area contributed by atoms with Gasteiger partial charge in [-0.2, -0.15) is 5.26 Å². The molecule has 0 heterocycles. The zero-order chi connectivity index (χ0) is 9.23. The third-order valence-corrected chi connectivity index (χ3v) is 1.60. The van der Waals surface area contributed by atoms with Gasteiger partial charge in [-0.3, -0.25) is 0 Å². The summed E-state index contributed by atoms with van der Waals surface area (Å²) in [6, 6.07) is 0. The third kappa shape index (κ3) is 6.88. The Kier molecular flexibility index (Phi) is 7.07. The smallest absolute Gasteiger partial charge is 0.286 e. The second-order valence-corrected chi connectivity index (χ2v) is 2.61. The Labute approximate surface area is 74.2 Å². The van der Waals surface area contributed by atoms with Gasteiger partial charge >= 0.3 is 0 Å². The summed E-state index contributed by atoms with van der Waals surface area (Å²) >= 11 is 0. The molecule has 0 N–H and O–H groups in total. The fourth-order valence-electron chi connectivity index (χ4n) is 0.851. The molecule has 0 fully saturated rings. The van der Waals surface area contributed by atoms with E-state index in [1.807, 2.05) is 0 Å². The van der Waals surface area contributed by atoms with E-state index in [1.54, 1.807) is 12.3 Å². The Balaban J connectivity index is 3.06. The molecule has 66 valence electrons. The molecule has 2 heteroatoms. The van der Waals surface area contributed by atoms with Crippen molar-refractivity contribution in [1.82, 2.24) is 0 Å². The largest absolute Gasteiger partial charge is 0.428 e. The topological polar surface area (TPSA) is 33.0 Å². The predicted molar refractivity (Wildman–Crippen MR) is 49.4 cm³/mol. The average molecular weight is 165 g/mol. The van der Waals surface area contributed by atoms with Crippen molar-refractivity contribution in [3.63, 3.8) is 0 Å². The van der Waals surface area contributed by atoms with Crippen molar-refractivity contribution in [3.8, 4) is 6.26 Å². The lowest BCUT2D eigenvalue weighted by molar-refractivity contribution is 0.261. The molecule has 2 nitrogen and oxygen atoms in total. The number of unbranched alkanes of at least 4 members (excludes halogenated alkanes) is 2. The lowest BCUT2D eigenvalue weighted by Crippen LogP contribution is -1.88. The molecule has 0 aromatic rings. The van der Waals surface area contributed by atoms with Gasteiger partial charge in [-0.1, -0.05) is 24.8 Å². The Morgan fingerprint density at radius 3 is 2.75 bits per heavy atom. The summed E-state index contributed by atoms with van der Waals surface area (Å²) < 4.78 is 4.53. The second-order valence-electron chi connectivity index (χ2n) is 2.61. The normalized spacial score (nSPS) is 8.58. The van der Waals surface area contributed by atoms with Crippen molar-refractivity contribution < 1.29 is 4.74 Å². The molecule has 0 saturated heterocycles. The lowest BCUT2D eigenvalue weighted by atomic mass is 10.1. The molecule has 0 aliphatic rings. The van der Waals surface area contributed by atoms with Gasteiger partial charge < -0.3 is 4.74 Å². The Hall–Kier alpha value is -1.23. The standard InChI is InChI=1S/C10H15NO/c1-3-10(2)7-5-4-6-8-12-9-11/h3H,1-2,4-8H2. The quantitative estimate of drug-likeness (QED) is 0.330. The van der Waals surface area contributed by atoms with Crippen LogP contribution in [0.4, 0.5) is 0 Å². The summed E-state index contributed by atoms with van der Waals surface area (Å²) in [4.78, 5) is 0. The third-order valence-electron chi connectivity index (χ3n) is 1.60. The highest BCUT2D eigenvalue weighted by Gasteiger charge is 1.91. The van der Waals surface area contributed by atoms with E-state index in [0.29, 0.717) is 6.61 Å². The van der Waals surface area contributed by atoms with Crippen LogP contribution in [0.15, 0.2) is 24.8 Å². The molecule has 0 unspecified atom stereocenters. The van der Waals surface area contributed by atoms with Gasteiger partial charge in [0.05, 0.1) is 0 Å². The number of allylic oxidation sites excluding steroid dienone is 2. The van der Waals surface area contributed by atoms with Crippen LogP contribution < -0.4 is 0 Å². The van der Waals surface area contributed by atoms with Crippen molar-refractivity contribution in [2.24, 2.45) is 0 Å². The summed E-state index contributed by atoms with van der Waals surface area (Å²) in [7, 11) is 0. The van der Waals surface area contributed by atoms with Gasteiger partial charge in [0, 0.05) is 0 Å². The van der Waals surface area contributed by atoms with Gasteiger partial charge in [-0.15, -0.1) is 0 Å². The molecule has 0 spiro atoms.